The molecule has 0 saturated carbocycles. The van der Waals surface area contributed by atoms with E-state index in [0.717, 1.165) is 25.3 Å². The van der Waals surface area contributed by atoms with E-state index in [9.17, 15) is 5.11 Å². The maximum absolute atomic E-state index is 9.89. The van der Waals surface area contributed by atoms with E-state index in [1.54, 1.807) is 6.92 Å². The maximum atomic E-state index is 9.89. The van der Waals surface area contributed by atoms with Crippen molar-refractivity contribution in [2.75, 3.05) is 13.2 Å². The van der Waals surface area contributed by atoms with E-state index in [-0.39, 0.29) is 0 Å². The number of hydrogen-bond donors (Lipinski definition) is 2. The Balaban J connectivity index is 2.49. The smallest absolute Gasteiger partial charge is 0.119 e. The zero-order valence-corrected chi connectivity index (χ0v) is 11.7. The molecule has 0 fully saturated rings. The van der Waals surface area contributed by atoms with E-state index in [4.69, 9.17) is 4.74 Å². The number of hydrogen-bond acceptors (Lipinski definition) is 3. The normalized spacial score (nSPS) is 14.2. The molecule has 0 aliphatic rings. The fraction of sp³-hybridized carbons (Fsp3) is 0.600. The Morgan fingerprint density at radius 3 is 2.78 bits per heavy atom. The van der Waals surface area contributed by atoms with Crippen molar-refractivity contribution in [2.24, 2.45) is 0 Å². The third-order valence-electron chi connectivity index (χ3n) is 2.97. The highest BCUT2D eigenvalue weighted by atomic mass is 16.5. The summed E-state index contributed by atoms with van der Waals surface area (Å²) in [5, 5.41) is 13.2. The first-order valence-corrected chi connectivity index (χ1v) is 6.72. The zero-order valence-electron chi connectivity index (χ0n) is 11.7. The van der Waals surface area contributed by atoms with Gasteiger partial charge in [0.25, 0.3) is 0 Å². The fourth-order valence-electron chi connectivity index (χ4n) is 1.50. The van der Waals surface area contributed by atoms with Crippen molar-refractivity contribution < 1.29 is 9.84 Å². The van der Waals surface area contributed by atoms with E-state index in [0.29, 0.717) is 13.0 Å². The van der Waals surface area contributed by atoms with Crippen molar-refractivity contribution in [3.63, 3.8) is 0 Å². The van der Waals surface area contributed by atoms with Crippen LogP contribution in [0.15, 0.2) is 24.3 Å². The summed E-state index contributed by atoms with van der Waals surface area (Å²) in [7, 11) is 0. The Hall–Kier alpha value is -1.06. The van der Waals surface area contributed by atoms with Crippen LogP contribution in [0.2, 0.25) is 0 Å². The Bertz CT molecular complexity index is 350. The van der Waals surface area contributed by atoms with Crippen LogP contribution < -0.4 is 10.1 Å². The van der Waals surface area contributed by atoms with Gasteiger partial charge in [-0.3, -0.25) is 0 Å². The van der Waals surface area contributed by atoms with Crippen LogP contribution in [0, 0.1) is 0 Å². The molecule has 0 spiro atoms. The summed E-state index contributed by atoms with van der Waals surface area (Å²) in [5.74, 6) is 0.819. The Kier molecular flexibility index (Phi) is 6.16. The molecule has 0 aliphatic carbocycles. The molecule has 2 N–H and O–H groups in total. The molecular weight excluding hydrogens is 226 g/mol. The molecule has 1 aromatic carbocycles. The largest absolute Gasteiger partial charge is 0.491 e. The maximum Gasteiger partial charge on any atom is 0.119 e. The van der Waals surface area contributed by atoms with E-state index in [1.807, 2.05) is 25.1 Å². The minimum absolute atomic E-state index is 0.329. The first kappa shape index (κ1) is 15.0. The molecule has 0 bridgehead atoms. The Labute approximate surface area is 110 Å². The van der Waals surface area contributed by atoms with Gasteiger partial charge in [0, 0.05) is 6.54 Å². The summed E-state index contributed by atoms with van der Waals surface area (Å²) in [4.78, 5) is 0. The van der Waals surface area contributed by atoms with Gasteiger partial charge in [0.2, 0.25) is 0 Å². The van der Waals surface area contributed by atoms with Gasteiger partial charge in [-0.1, -0.05) is 26.0 Å². The second-order valence-electron chi connectivity index (χ2n) is 4.96. The standard InChI is InChI=1S/C15H25NO2/c1-4-9-16-11-13-7-6-8-14(10-13)18-12-15(3,17)5-2/h6-8,10,16-17H,4-5,9,11-12H2,1-3H3. The minimum atomic E-state index is -0.754. The highest BCUT2D eigenvalue weighted by Crippen LogP contribution is 2.16. The van der Waals surface area contributed by atoms with Crippen molar-refractivity contribution in [3.8, 4) is 5.75 Å². The lowest BCUT2D eigenvalue weighted by Crippen LogP contribution is -2.31. The molecule has 0 amide bonds. The fourth-order valence-corrected chi connectivity index (χ4v) is 1.50. The Morgan fingerprint density at radius 1 is 1.33 bits per heavy atom. The summed E-state index contributed by atoms with van der Waals surface area (Å²) in [6, 6.07) is 8.01. The molecule has 0 aromatic heterocycles. The third-order valence-corrected chi connectivity index (χ3v) is 2.97. The average Bonchev–Trinajstić information content (AvgIpc) is 2.38. The van der Waals surface area contributed by atoms with Gasteiger partial charge >= 0.3 is 0 Å². The van der Waals surface area contributed by atoms with Crippen molar-refractivity contribution in [1.29, 1.82) is 0 Å². The number of rotatable bonds is 8. The van der Waals surface area contributed by atoms with Gasteiger partial charge in [-0.05, 0) is 44.0 Å². The van der Waals surface area contributed by atoms with Crippen molar-refractivity contribution in [1.82, 2.24) is 5.32 Å². The van der Waals surface area contributed by atoms with Crippen LogP contribution in [0.3, 0.4) is 0 Å². The lowest BCUT2D eigenvalue weighted by Gasteiger charge is -2.21. The molecule has 1 unspecified atom stereocenters. The van der Waals surface area contributed by atoms with Gasteiger partial charge in [-0.15, -0.1) is 0 Å². The summed E-state index contributed by atoms with van der Waals surface area (Å²) in [6.07, 6.45) is 1.82. The topological polar surface area (TPSA) is 41.5 Å². The van der Waals surface area contributed by atoms with Gasteiger partial charge in [0.05, 0.1) is 5.60 Å². The molecular formula is C15H25NO2. The molecule has 18 heavy (non-hydrogen) atoms. The summed E-state index contributed by atoms with van der Waals surface area (Å²) >= 11 is 0. The molecule has 1 rings (SSSR count). The van der Waals surface area contributed by atoms with Crippen LogP contribution in [-0.4, -0.2) is 23.9 Å². The average molecular weight is 251 g/mol. The molecule has 0 heterocycles. The van der Waals surface area contributed by atoms with Gasteiger partial charge in [-0.2, -0.15) is 0 Å². The monoisotopic (exact) mass is 251 g/mol. The van der Waals surface area contributed by atoms with Crippen molar-refractivity contribution in [3.05, 3.63) is 29.8 Å². The molecule has 102 valence electrons. The molecule has 1 aromatic rings. The van der Waals surface area contributed by atoms with Gasteiger partial charge in [0.1, 0.15) is 12.4 Å². The quantitative estimate of drug-likeness (QED) is 0.698. The van der Waals surface area contributed by atoms with E-state index < -0.39 is 5.60 Å². The highest BCUT2D eigenvalue weighted by Gasteiger charge is 2.18. The first-order chi connectivity index (χ1) is 8.57. The van der Waals surface area contributed by atoms with Gasteiger partial charge < -0.3 is 15.2 Å². The minimum Gasteiger partial charge on any atom is -0.491 e. The molecule has 1 atom stereocenters. The predicted octanol–water partition coefficient (Wildman–Crippen LogP) is 2.73. The number of benzene rings is 1. The van der Waals surface area contributed by atoms with E-state index in [1.165, 1.54) is 5.56 Å². The lowest BCUT2D eigenvalue weighted by molar-refractivity contribution is 0.00844. The Morgan fingerprint density at radius 2 is 2.11 bits per heavy atom. The third kappa shape index (κ3) is 5.52. The van der Waals surface area contributed by atoms with Crippen LogP contribution in [0.25, 0.3) is 0 Å². The van der Waals surface area contributed by atoms with Crippen LogP contribution in [0.1, 0.15) is 39.2 Å². The first-order valence-electron chi connectivity index (χ1n) is 6.72. The number of ether oxygens (including phenoxy) is 1. The number of nitrogens with one attached hydrogen (secondary N) is 1. The summed E-state index contributed by atoms with van der Waals surface area (Å²) in [5.41, 5.74) is 0.452. The van der Waals surface area contributed by atoms with Crippen LogP contribution in [0.4, 0.5) is 0 Å². The van der Waals surface area contributed by atoms with Crippen molar-refractivity contribution >= 4 is 0 Å². The molecule has 3 heteroatoms. The lowest BCUT2D eigenvalue weighted by atomic mass is 10.1. The second-order valence-corrected chi connectivity index (χ2v) is 4.96. The number of aliphatic hydroxyl groups is 1. The molecule has 3 nitrogen and oxygen atoms in total. The van der Waals surface area contributed by atoms with Crippen molar-refractivity contribution in [2.45, 2.75) is 45.8 Å². The van der Waals surface area contributed by atoms with E-state index in [2.05, 4.69) is 18.3 Å². The SMILES string of the molecule is CCCNCc1cccc(OCC(C)(O)CC)c1. The molecule has 0 radical (unpaired) electrons. The second kappa shape index (κ2) is 7.39. The van der Waals surface area contributed by atoms with Gasteiger partial charge in [0.15, 0.2) is 0 Å². The summed E-state index contributed by atoms with van der Waals surface area (Å²) < 4.78 is 5.63. The summed E-state index contributed by atoms with van der Waals surface area (Å²) in [6.45, 7) is 8.10. The van der Waals surface area contributed by atoms with E-state index >= 15 is 0 Å². The predicted molar refractivity (Wildman–Crippen MR) is 74.8 cm³/mol. The zero-order chi connectivity index (χ0) is 13.4. The van der Waals surface area contributed by atoms with Crippen LogP contribution in [0.5, 0.6) is 5.75 Å². The highest BCUT2D eigenvalue weighted by molar-refractivity contribution is 5.28. The van der Waals surface area contributed by atoms with Crippen LogP contribution in [-0.2, 0) is 6.54 Å². The molecule has 0 aliphatic heterocycles. The van der Waals surface area contributed by atoms with Gasteiger partial charge in [-0.25, -0.2) is 0 Å². The molecule has 0 saturated heterocycles. The van der Waals surface area contributed by atoms with Crippen LogP contribution >= 0.6 is 0 Å².